The summed E-state index contributed by atoms with van der Waals surface area (Å²) in [5.41, 5.74) is 4.51. The predicted molar refractivity (Wildman–Crippen MR) is 122 cm³/mol. The van der Waals surface area contributed by atoms with Gasteiger partial charge >= 0.3 is 0 Å². The summed E-state index contributed by atoms with van der Waals surface area (Å²) in [6, 6.07) is 13.8. The summed E-state index contributed by atoms with van der Waals surface area (Å²) in [6.07, 6.45) is 8.14. The van der Waals surface area contributed by atoms with E-state index in [1.54, 1.807) is 6.20 Å². The van der Waals surface area contributed by atoms with Crippen LogP contribution in [0.2, 0.25) is 0 Å². The lowest BCUT2D eigenvalue weighted by Gasteiger charge is -2.14. The van der Waals surface area contributed by atoms with E-state index >= 15 is 0 Å². The summed E-state index contributed by atoms with van der Waals surface area (Å²) in [4.78, 5) is 28.4. The summed E-state index contributed by atoms with van der Waals surface area (Å²) in [6.45, 7) is 3.22. The van der Waals surface area contributed by atoms with Gasteiger partial charge in [-0.15, -0.1) is 0 Å². The highest BCUT2D eigenvalue weighted by Crippen LogP contribution is 2.24. The van der Waals surface area contributed by atoms with E-state index in [2.05, 4.69) is 25.9 Å². The van der Waals surface area contributed by atoms with E-state index in [0.29, 0.717) is 11.4 Å². The molecule has 160 valence electrons. The molecule has 0 atom stereocenters. The van der Waals surface area contributed by atoms with Crippen molar-refractivity contribution in [2.24, 2.45) is 0 Å². The molecule has 32 heavy (non-hydrogen) atoms. The molecule has 0 bridgehead atoms. The van der Waals surface area contributed by atoms with Gasteiger partial charge in [-0.1, -0.05) is 12.1 Å². The quantitative estimate of drug-likeness (QED) is 0.413. The van der Waals surface area contributed by atoms with E-state index in [9.17, 15) is 9.18 Å². The second-order valence-corrected chi connectivity index (χ2v) is 8.23. The Bertz CT molecular complexity index is 1270. The average Bonchev–Trinajstić information content (AvgIpc) is 3.32. The van der Waals surface area contributed by atoms with Crippen molar-refractivity contribution in [3.05, 3.63) is 89.9 Å². The minimum atomic E-state index is -0.366. The third-order valence-electron chi connectivity index (χ3n) is 5.85. The molecule has 0 radical (unpaired) electrons. The van der Waals surface area contributed by atoms with Crippen LogP contribution in [0, 0.1) is 5.82 Å². The Kier molecular flexibility index (Phi) is 5.69. The van der Waals surface area contributed by atoms with E-state index in [1.807, 2.05) is 30.6 Å². The monoisotopic (exact) mass is 426 g/mol. The Morgan fingerprint density at radius 1 is 0.938 bits per heavy atom. The molecular formula is C26H23FN4O. The molecule has 1 aliphatic heterocycles. The number of fused-ring (bicyclic) bond motifs is 1. The summed E-state index contributed by atoms with van der Waals surface area (Å²) < 4.78 is 13.1. The summed E-state index contributed by atoms with van der Waals surface area (Å²) in [5.74, 6) is -0.0563. The number of likely N-dealkylation sites (tertiary alicyclic amines) is 1. The van der Waals surface area contributed by atoms with Gasteiger partial charge in [0.05, 0.1) is 11.9 Å². The van der Waals surface area contributed by atoms with Crippen molar-refractivity contribution in [2.45, 2.75) is 25.8 Å². The molecule has 5 nitrogen and oxygen atoms in total. The molecule has 2 aromatic carbocycles. The highest BCUT2D eigenvalue weighted by molar-refractivity contribution is 5.97. The van der Waals surface area contributed by atoms with E-state index in [0.717, 1.165) is 41.7 Å². The molecule has 5 rings (SSSR count). The molecule has 2 aromatic heterocycles. The third kappa shape index (κ3) is 4.55. The molecule has 6 heteroatoms. The zero-order valence-corrected chi connectivity index (χ0v) is 17.7. The number of hydrogen-bond donors (Lipinski definition) is 0. The number of ketones is 1. The summed E-state index contributed by atoms with van der Waals surface area (Å²) >= 11 is 0. The Balaban J connectivity index is 1.38. The van der Waals surface area contributed by atoms with Gasteiger partial charge in [-0.2, -0.15) is 0 Å². The van der Waals surface area contributed by atoms with Gasteiger partial charge in [0.15, 0.2) is 5.78 Å². The van der Waals surface area contributed by atoms with E-state index in [1.165, 1.54) is 42.7 Å². The molecule has 0 amide bonds. The summed E-state index contributed by atoms with van der Waals surface area (Å²) in [7, 11) is 0. The van der Waals surface area contributed by atoms with Crippen LogP contribution < -0.4 is 0 Å². The molecule has 1 saturated heterocycles. The zero-order chi connectivity index (χ0) is 21.9. The second kappa shape index (κ2) is 8.93. The maximum Gasteiger partial charge on any atom is 0.170 e. The van der Waals surface area contributed by atoms with E-state index in [4.69, 9.17) is 0 Å². The first-order valence-electron chi connectivity index (χ1n) is 10.9. The first kappa shape index (κ1) is 20.4. The Labute approximate surface area is 186 Å². The predicted octanol–water partition coefficient (Wildman–Crippen LogP) is 4.85. The molecule has 0 aliphatic carbocycles. The number of Topliss-reactive ketones (excluding diaryl/α,β-unsaturated/α-hetero) is 1. The van der Waals surface area contributed by atoms with Crippen molar-refractivity contribution >= 4 is 16.7 Å². The fourth-order valence-corrected chi connectivity index (χ4v) is 4.14. The largest absolute Gasteiger partial charge is 0.299 e. The van der Waals surface area contributed by atoms with Gasteiger partial charge in [0.2, 0.25) is 0 Å². The SMILES string of the molecule is O=C(Cc1ncc2ccc(-c3cncc(CN4CCCC4)c3)cc2n1)c1ccc(F)cc1. The van der Waals surface area contributed by atoms with Gasteiger partial charge in [0.25, 0.3) is 0 Å². The fourth-order valence-electron chi connectivity index (χ4n) is 4.14. The highest BCUT2D eigenvalue weighted by Gasteiger charge is 2.13. The van der Waals surface area contributed by atoms with Gasteiger partial charge in [-0.05, 0) is 73.5 Å². The lowest BCUT2D eigenvalue weighted by atomic mass is 10.0. The smallest absolute Gasteiger partial charge is 0.170 e. The maximum absolute atomic E-state index is 13.1. The number of hydrogen-bond acceptors (Lipinski definition) is 5. The Morgan fingerprint density at radius 2 is 1.75 bits per heavy atom. The number of carbonyl (C=O) groups excluding carboxylic acids is 1. The van der Waals surface area contributed by atoms with Crippen molar-refractivity contribution in [1.29, 1.82) is 0 Å². The van der Waals surface area contributed by atoms with Crippen molar-refractivity contribution in [1.82, 2.24) is 19.9 Å². The minimum absolute atomic E-state index is 0.0681. The Morgan fingerprint density at radius 3 is 2.56 bits per heavy atom. The molecule has 1 aliphatic rings. The van der Waals surface area contributed by atoms with Crippen molar-refractivity contribution in [3.63, 3.8) is 0 Å². The van der Waals surface area contributed by atoms with Crippen LogP contribution in [0.15, 0.2) is 67.1 Å². The summed E-state index contributed by atoms with van der Waals surface area (Å²) in [5, 5.41) is 0.910. The van der Waals surface area contributed by atoms with Crippen LogP contribution in [0.5, 0.6) is 0 Å². The van der Waals surface area contributed by atoms with Crippen molar-refractivity contribution < 1.29 is 9.18 Å². The normalized spacial score (nSPS) is 14.2. The lowest BCUT2D eigenvalue weighted by Crippen LogP contribution is -2.18. The van der Waals surface area contributed by atoms with Gasteiger partial charge in [0.1, 0.15) is 11.6 Å². The van der Waals surface area contributed by atoms with Crippen molar-refractivity contribution in [2.75, 3.05) is 13.1 Å². The molecule has 0 N–H and O–H groups in total. The Hall–Kier alpha value is -3.51. The fraction of sp³-hybridized carbons (Fsp3) is 0.231. The molecule has 0 spiro atoms. The lowest BCUT2D eigenvalue weighted by molar-refractivity contribution is 0.0991. The maximum atomic E-state index is 13.1. The van der Waals surface area contributed by atoms with Gasteiger partial charge in [-0.3, -0.25) is 14.7 Å². The topological polar surface area (TPSA) is 59.0 Å². The van der Waals surface area contributed by atoms with Crippen LogP contribution in [0.1, 0.15) is 34.6 Å². The van der Waals surface area contributed by atoms with Crippen LogP contribution in [0.4, 0.5) is 4.39 Å². The standard InChI is InChI=1S/C26H23FN4O/c27-23-7-5-19(6-8-23)25(32)13-26-29-16-21-4-3-20(12-24(21)30-26)22-11-18(14-28-15-22)17-31-9-1-2-10-31/h3-8,11-12,14-16H,1-2,9-10,13,17H2. The first-order valence-corrected chi connectivity index (χ1v) is 10.9. The van der Waals surface area contributed by atoms with Crippen molar-refractivity contribution in [3.8, 4) is 11.1 Å². The van der Waals surface area contributed by atoms with Crippen LogP contribution in [0.25, 0.3) is 22.0 Å². The number of aromatic nitrogens is 3. The molecule has 1 fully saturated rings. The number of nitrogens with zero attached hydrogens (tertiary/aromatic N) is 4. The van der Waals surface area contributed by atoms with Crippen LogP contribution in [-0.4, -0.2) is 38.7 Å². The second-order valence-electron chi connectivity index (χ2n) is 8.23. The number of carbonyl (C=O) groups is 1. The third-order valence-corrected chi connectivity index (χ3v) is 5.85. The minimum Gasteiger partial charge on any atom is -0.299 e. The van der Waals surface area contributed by atoms with Crippen LogP contribution in [0.3, 0.4) is 0 Å². The first-order chi connectivity index (χ1) is 15.6. The van der Waals surface area contributed by atoms with Gasteiger partial charge in [0, 0.05) is 41.6 Å². The van der Waals surface area contributed by atoms with E-state index < -0.39 is 0 Å². The molecule has 0 unspecified atom stereocenters. The number of pyridine rings is 1. The molecule has 0 saturated carbocycles. The number of benzene rings is 2. The molecule has 3 heterocycles. The van der Waals surface area contributed by atoms with E-state index in [-0.39, 0.29) is 18.0 Å². The number of halogens is 1. The van der Waals surface area contributed by atoms with Crippen LogP contribution in [-0.2, 0) is 13.0 Å². The molecule has 4 aromatic rings. The average molecular weight is 426 g/mol. The number of rotatable bonds is 6. The van der Waals surface area contributed by atoms with Gasteiger partial charge < -0.3 is 0 Å². The van der Waals surface area contributed by atoms with Gasteiger partial charge in [-0.25, -0.2) is 14.4 Å². The van der Waals surface area contributed by atoms with Crippen LogP contribution >= 0.6 is 0 Å². The molecular weight excluding hydrogens is 403 g/mol. The highest BCUT2D eigenvalue weighted by atomic mass is 19.1. The zero-order valence-electron chi connectivity index (χ0n) is 17.7.